The number of rotatable bonds is 3. The molecule has 0 spiro atoms. The first-order chi connectivity index (χ1) is 8.97. The van der Waals surface area contributed by atoms with Crippen LogP contribution in [0, 0.1) is 13.8 Å². The second-order valence-corrected chi connectivity index (χ2v) is 5.46. The summed E-state index contributed by atoms with van der Waals surface area (Å²) in [6.45, 7) is 8.04. The first-order valence-corrected chi connectivity index (χ1v) is 6.71. The molecule has 0 amide bonds. The third-order valence-electron chi connectivity index (χ3n) is 3.78. The van der Waals surface area contributed by atoms with Gasteiger partial charge in [-0.2, -0.15) is 0 Å². The number of hydrogen-bond donors (Lipinski definition) is 1. The van der Waals surface area contributed by atoms with Gasteiger partial charge in [-0.15, -0.1) is 0 Å². The van der Waals surface area contributed by atoms with Crippen LogP contribution in [0.15, 0.2) is 12.1 Å². The number of phenols is 1. The van der Waals surface area contributed by atoms with Gasteiger partial charge in [0.1, 0.15) is 5.75 Å². The van der Waals surface area contributed by atoms with Crippen LogP contribution >= 0.6 is 0 Å². The fourth-order valence-corrected chi connectivity index (χ4v) is 2.42. The van der Waals surface area contributed by atoms with Crippen LogP contribution in [0.3, 0.4) is 0 Å². The zero-order valence-electron chi connectivity index (χ0n) is 11.9. The van der Waals surface area contributed by atoms with Crippen molar-refractivity contribution in [2.24, 2.45) is 0 Å². The number of aryl methyl sites for hydroxylation is 2. The fraction of sp³-hybridized carbons (Fsp3) is 0.533. The molecule has 104 valence electrons. The molecule has 1 saturated heterocycles. The topological polar surface area (TPSA) is 43.8 Å². The maximum absolute atomic E-state index is 12.3. The quantitative estimate of drug-likeness (QED) is 0.837. The Hall–Kier alpha value is -1.39. The summed E-state index contributed by atoms with van der Waals surface area (Å²) in [4.78, 5) is 16.7. The lowest BCUT2D eigenvalue weighted by atomic mass is 10.0. The molecule has 0 bridgehead atoms. The van der Waals surface area contributed by atoms with Crippen LogP contribution in [-0.4, -0.2) is 60.5 Å². The molecule has 1 fully saturated rings. The van der Waals surface area contributed by atoms with Crippen molar-refractivity contribution >= 4 is 5.78 Å². The van der Waals surface area contributed by atoms with Gasteiger partial charge in [0.05, 0.1) is 6.54 Å². The van der Waals surface area contributed by atoms with E-state index >= 15 is 0 Å². The van der Waals surface area contributed by atoms with Crippen molar-refractivity contribution in [3.05, 3.63) is 28.8 Å². The highest BCUT2D eigenvalue weighted by Gasteiger charge is 2.18. The predicted molar refractivity (Wildman–Crippen MR) is 75.8 cm³/mol. The van der Waals surface area contributed by atoms with Gasteiger partial charge in [0.25, 0.3) is 0 Å². The molecular weight excluding hydrogens is 240 g/mol. The van der Waals surface area contributed by atoms with E-state index < -0.39 is 0 Å². The van der Waals surface area contributed by atoms with Crippen LogP contribution in [0.4, 0.5) is 0 Å². The Morgan fingerprint density at radius 1 is 1.16 bits per heavy atom. The Kier molecular flexibility index (Phi) is 4.22. The molecule has 0 unspecified atom stereocenters. The molecule has 4 heteroatoms. The Morgan fingerprint density at radius 3 is 2.21 bits per heavy atom. The molecule has 1 aromatic rings. The molecule has 1 N–H and O–H groups in total. The summed E-state index contributed by atoms with van der Waals surface area (Å²) in [5.74, 6) is 0.423. The Bertz CT molecular complexity index is 454. The molecule has 0 radical (unpaired) electrons. The second kappa shape index (κ2) is 5.72. The molecule has 0 aliphatic carbocycles. The minimum atomic E-state index is 0.135. The summed E-state index contributed by atoms with van der Waals surface area (Å²) in [6, 6.07) is 3.56. The van der Waals surface area contributed by atoms with Crippen LogP contribution in [0.2, 0.25) is 0 Å². The van der Waals surface area contributed by atoms with Gasteiger partial charge >= 0.3 is 0 Å². The van der Waals surface area contributed by atoms with E-state index in [0.29, 0.717) is 12.1 Å². The zero-order chi connectivity index (χ0) is 14.0. The molecule has 4 nitrogen and oxygen atoms in total. The fourth-order valence-electron chi connectivity index (χ4n) is 2.42. The summed E-state index contributed by atoms with van der Waals surface area (Å²) in [7, 11) is 2.10. The van der Waals surface area contributed by atoms with Crippen molar-refractivity contribution in [3.8, 4) is 5.75 Å². The van der Waals surface area contributed by atoms with E-state index in [9.17, 15) is 9.90 Å². The molecule has 1 aliphatic heterocycles. The van der Waals surface area contributed by atoms with Crippen molar-refractivity contribution in [1.29, 1.82) is 0 Å². The number of ketones is 1. The van der Waals surface area contributed by atoms with Crippen molar-refractivity contribution < 1.29 is 9.90 Å². The number of nitrogens with zero attached hydrogens (tertiary/aromatic N) is 2. The van der Waals surface area contributed by atoms with E-state index in [1.807, 2.05) is 13.8 Å². The second-order valence-electron chi connectivity index (χ2n) is 5.46. The average Bonchev–Trinajstić information content (AvgIpc) is 2.38. The van der Waals surface area contributed by atoms with Gasteiger partial charge in [-0.1, -0.05) is 0 Å². The van der Waals surface area contributed by atoms with Crippen molar-refractivity contribution in [3.63, 3.8) is 0 Å². The largest absolute Gasteiger partial charge is 0.507 e. The lowest BCUT2D eigenvalue weighted by Gasteiger charge is -2.31. The predicted octanol–water partition coefficient (Wildman–Crippen LogP) is 1.44. The highest BCUT2D eigenvalue weighted by Crippen LogP contribution is 2.23. The van der Waals surface area contributed by atoms with E-state index in [1.54, 1.807) is 12.1 Å². The van der Waals surface area contributed by atoms with E-state index in [0.717, 1.165) is 37.3 Å². The average molecular weight is 262 g/mol. The molecule has 0 atom stereocenters. The minimum Gasteiger partial charge on any atom is -0.507 e. The number of hydrogen-bond acceptors (Lipinski definition) is 4. The van der Waals surface area contributed by atoms with Gasteiger partial charge in [-0.05, 0) is 44.2 Å². The van der Waals surface area contributed by atoms with Gasteiger partial charge in [0, 0.05) is 31.7 Å². The summed E-state index contributed by atoms with van der Waals surface area (Å²) >= 11 is 0. The van der Waals surface area contributed by atoms with Crippen LogP contribution in [0.5, 0.6) is 5.75 Å². The zero-order valence-corrected chi connectivity index (χ0v) is 11.9. The van der Waals surface area contributed by atoms with E-state index in [4.69, 9.17) is 0 Å². The monoisotopic (exact) mass is 262 g/mol. The number of phenolic OH excluding ortho intramolecular Hbond substituents is 1. The van der Waals surface area contributed by atoms with E-state index in [1.165, 1.54) is 0 Å². The van der Waals surface area contributed by atoms with Gasteiger partial charge in [0.15, 0.2) is 5.78 Å². The van der Waals surface area contributed by atoms with Crippen molar-refractivity contribution in [1.82, 2.24) is 9.80 Å². The summed E-state index contributed by atoms with van der Waals surface area (Å²) < 4.78 is 0. The van der Waals surface area contributed by atoms with Crippen molar-refractivity contribution in [2.75, 3.05) is 39.8 Å². The van der Waals surface area contributed by atoms with Gasteiger partial charge in [-0.3, -0.25) is 9.69 Å². The van der Waals surface area contributed by atoms with Gasteiger partial charge < -0.3 is 10.0 Å². The van der Waals surface area contributed by atoms with Crippen LogP contribution in [0.25, 0.3) is 0 Å². The molecule has 1 heterocycles. The Labute approximate surface area is 114 Å². The lowest BCUT2D eigenvalue weighted by molar-refractivity contribution is 0.0876. The normalized spacial score (nSPS) is 17.6. The highest BCUT2D eigenvalue weighted by atomic mass is 16.3. The van der Waals surface area contributed by atoms with Crippen LogP contribution in [-0.2, 0) is 0 Å². The molecule has 0 saturated carbocycles. The minimum absolute atomic E-state index is 0.135. The van der Waals surface area contributed by atoms with Crippen LogP contribution < -0.4 is 0 Å². The summed E-state index contributed by atoms with van der Waals surface area (Å²) in [5, 5.41) is 9.74. The summed E-state index contributed by atoms with van der Waals surface area (Å²) in [6.07, 6.45) is 0. The molecular formula is C15H22N2O2. The van der Waals surface area contributed by atoms with Crippen LogP contribution in [0.1, 0.15) is 21.5 Å². The Morgan fingerprint density at radius 2 is 1.68 bits per heavy atom. The number of benzene rings is 1. The third kappa shape index (κ3) is 3.33. The molecule has 19 heavy (non-hydrogen) atoms. The number of likely N-dealkylation sites (N-methyl/N-ethyl adjacent to an activating group) is 1. The van der Waals surface area contributed by atoms with E-state index in [2.05, 4.69) is 16.8 Å². The molecule has 2 rings (SSSR count). The smallest absolute Gasteiger partial charge is 0.176 e. The maximum Gasteiger partial charge on any atom is 0.176 e. The first kappa shape index (κ1) is 14.0. The Balaban J connectivity index is 2.04. The number of Topliss-reactive ketones (excluding diaryl/α,β-unsaturated/α-hetero) is 1. The number of carbonyl (C=O) groups is 1. The van der Waals surface area contributed by atoms with Crippen molar-refractivity contribution in [2.45, 2.75) is 13.8 Å². The third-order valence-corrected chi connectivity index (χ3v) is 3.78. The highest BCUT2D eigenvalue weighted by molar-refractivity contribution is 5.98. The van der Waals surface area contributed by atoms with Gasteiger partial charge in [0.2, 0.25) is 0 Å². The number of piperazine rings is 1. The SMILES string of the molecule is Cc1cc(C(=O)CN2CCN(C)CC2)cc(C)c1O. The lowest BCUT2D eigenvalue weighted by Crippen LogP contribution is -2.46. The maximum atomic E-state index is 12.3. The first-order valence-electron chi connectivity index (χ1n) is 6.71. The molecule has 1 aliphatic rings. The number of aromatic hydroxyl groups is 1. The molecule has 0 aromatic heterocycles. The van der Waals surface area contributed by atoms with E-state index in [-0.39, 0.29) is 11.5 Å². The van der Waals surface area contributed by atoms with Gasteiger partial charge in [-0.25, -0.2) is 0 Å². The number of carbonyl (C=O) groups excluding carboxylic acids is 1. The summed E-state index contributed by atoms with van der Waals surface area (Å²) in [5.41, 5.74) is 2.23. The molecule has 1 aromatic carbocycles. The standard InChI is InChI=1S/C15H22N2O2/c1-11-8-13(9-12(2)15(11)19)14(18)10-17-6-4-16(3)5-7-17/h8-9,19H,4-7,10H2,1-3H3.